The van der Waals surface area contributed by atoms with Crippen molar-refractivity contribution in [1.29, 1.82) is 0 Å². The van der Waals surface area contributed by atoms with E-state index >= 15 is 0 Å². The zero-order valence-electron chi connectivity index (χ0n) is 15.8. The van der Waals surface area contributed by atoms with E-state index in [2.05, 4.69) is 19.9 Å². The second-order valence-electron chi connectivity index (χ2n) is 7.26. The van der Waals surface area contributed by atoms with Crippen LogP contribution in [0.3, 0.4) is 0 Å². The first kappa shape index (κ1) is 19.5. The van der Waals surface area contributed by atoms with Crippen molar-refractivity contribution in [2.45, 2.75) is 31.5 Å². The number of hydrogen-bond donors (Lipinski definition) is 0. The van der Waals surface area contributed by atoms with E-state index in [0.717, 1.165) is 56.0 Å². The monoisotopic (exact) mass is 398 g/mol. The lowest BCUT2D eigenvalue weighted by atomic mass is 9.91. The lowest BCUT2D eigenvalue weighted by Crippen LogP contribution is -2.34. The summed E-state index contributed by atoms with van der Waals surface area (Å²) in [5.74, 6) is 0.116. The Kier molecular flexibility index (Phi) is 5.58. The van der Waals surface area contributed by atoms with Crippen molar-refractivity contribution >= 4 is 0 Å². The van der Waals surface area contributed by atoms with Gasteiger partial charge in [0.1, 0.15) is 0 Å². The second-order valence-corrected chi connectivity index (χ2v) is 7.26. The van der Waals surface area contributed by atoms with Gasteiger partial charge in [-0.05, 0) is 43.7 Å². The number of rotatable bonds is 4. The van der Waals surface area contributed by atoms with Gasteiger partial charge in [0, 0.05) is 43.2 Å². The number of hydrogen-bond acceptors (Lipinski definition) is 4. The molecule has 1 saturated heterocycles. The standard InChI is InChI=1S/C22H21F3N4/c23-22(24,25)18-7-3-5-16(13-18)20-21(28-11-10-27-20)17-6-4-12-29(14-17)15-19-8-1-2-9-26-19/h1-3,5,7-11,13,17H,4,6,12,14-15H2. The summed E-state index contributed by atoms with van der Waals surface area (Å²) >= 11 is 0. The molecule has 1 atom stereocenters. The third-order valence-electron chi connectivity index (χ3n) is 5.19. The fourth-order valence-corrected chi connectivity index (χ4v) is 3.86. The average Bonchev–Trinajstić information content (AvgIpc) is 2.74. The maximum atomic E-state index is 13.1. The van der Waals surface area contributed by atoms with Crippen LogP contribution in [-0.2, 0) is 12.7 Å². The van der Waals surface area contributed by atoms with Gasteiger partial charge in [-0.1, -0.05) is 18.2 Å². The van der Waals surface area contributed by atoms with Gasteiger partial charge >= 0.3 is 6.18 Å². The van der Waals surface area contributed by atoms with E-state index < -0.39 is 11.7 Å². The number of benzene rings is 1. The molecule has 1 aromatic carbocycles. The van der Waals surface area contributed by atoms with Crippen molar-refractivity contribution in [3.05, 3.63) is 78.0 Å². The molecule has 0 radical (unpaired) electrons. The SMILES string of the molecule is FC(F)(F)c1cccc(-c2nccnc2C2CCCN(Cc3ccccn3)C2)c1. The summed E-state index contributed by atoms with van der Waals surface area (Å²) in [5.41, 5.74) is 2.07. The first-order chi connectivity index (χ1) is 14.0. The zero-order chi connectivity index (χ0) is 20.3. The largest absolute Gasteiger partial charge is 0.416 e. The summed E-state index contributed by atoms with van der Waals surface area (Å²) in [5, 5.41) is 0. The summed E-state index contributed by atoms with van der Waals surface area (Å²) in [6.07, 6.45) is 2.48. The number of alkyl halides is 3. The Morgan fingerprint density at radius 1 is 0.966 bits per heavy atom. The lowest BCUT2D eigenvalue weighted by molar-refractivity contribution is -0.137. The smallest absolute Gasteiger partial charge is 0.297 e. The van der Waals surface area contributed by atoms with Crippen LogP contribution in [0.2, 0.25) is 0 Å². The number of likely N-dealkylation sites (tertiary alicyclic amines) is 1. The van der Waals surface area contributed by atoms with Gasteiger partial charge in [0.2, 0.25) is 0 Å². The van der Waals surface area contributed by atoms with Crippen molar-refractivity contribution in [2.24, 2.45) is 0 Å². The van der Waals surface area contributed by atoms with Crippen molar-refractivity contribution < 1.29 is 13.2 Å². The molecule has 0 aliphatic carbocycles. The third kappa shape index (κ3) is 4.62. The number of aromatic nitrogens is 3. The molecule has 0 N–H and O–H groups in total. The molecule has 4 nitrogen and oxygen atoms in total. The van der Waals surface area contributed by atoms with Gasteiger partial charge < -0.3 is 0 Å². The fourth-order valence-electron chi connectivity index (χ4n) is 3.86. The van der Waals surface area contributed by atoms with E-state index in [-0.39, 0.29) is 5.92 Å². The molecule has 0 bridgehead atoms. The number of pyridine rings is 1. The Morgan fingerprint density at radius 3 is 2.62 bits per heavy atom. The quantitative estimate of drug-likeness (QED) is 0.625. The minimum absolute atomic E-state index is 0.116. The first-order valence-electron chi connectivity index (χ1n) is 9.61. The van der Waals surface area contributed by atoms with E-state index in [4.69, 9.17) is 0 Å². The van der Waals surface area contributed by atoms with E-state index in [0.29, 0.717) is 11.3 Å². The minimum Gasteiger partial charge on any atom is -0.297 e. The highest BCUT2D eigenvalue weighted by Crippen LogP contribution is 2.35. The van der Waals surface area contributed by atoms with Gasteiger partial charge in [-0.15, -0.1) is 0 Å². The maximum absolute atomic E-state index is 13.1. The molecule has 1 unspecified atom stereocenters. The van der Waals surface area contributed by atoms with E-state index in [1.807, 2.05) is 18.2 Å². The molecule has 1 aliphatic heterocycles. The zero-order valence-corrected chi connectivity index (χ0v) is 15.8. The Balaban J connectivity index is 1.60. The van der Waals surface area contributed by atoms with Gasteiger partial charge in [-0.3, -0.25) is 19.9 Å². The summed E-state index contributed by atoms with van der Waals surface area (Å²) in [6.45, 7) is 2.49. The van der Waals surface area contributed by atoms with E-state index in [1.54, 1.807) is 18.5 Å². The molecule has 150 valence electrons. The van der Waals surface area contributed by atoms with E-state index in [9.17, 15) is 13.2 Å². The highest BCUT2D eigenvalue weighted by atomic mass is 19.4. The maximum Gasteiger partial charge on any atom is 0.416 e. The number of nitrogens with zero attached hydrogens (tertiary/aromatic N) is 4. The van der Waals surface area contributed by atoms with Crippen molar-refractivity contribution in [1.82, 2.24) is 19.9 Å². The molecule has 1 aliphatic rings. The molecule has 1 fully saturated rings. The molecular weight excluding hydrogens is 377 g/mol. The molecule has 3 aromatic rings. The molecule has 4 rings (SSSR count). The third-order valence-corrected chi connectivity index (χ3v) is 5.19. The minimum atomic E-state index is -4.39. The van der Waals surface area contributed by atoms with Crippen LogP contribution in [0.1, 0.15) is 35.7 Å². The Morgan fingerprint density at radius 2 is 1.83 bits per heavy atom. The molecule has 0 spiro atoms. The highest BCUT2D eigenvalue weighted by Gasteiger charge is 2.31. The van der Waals surface area contributed by atoms with Crippen LogP contribution in [0.5, 0.6) is 0 Å². The van der Waals surface area contributed by atoms with Crippen LogP contribution in [0.4, 0.5) is 13.2 Å². The number of piperidine rings is 1. The summed E-state index contributed by atoms with van der Waals surface area (Å²) in [7, 11) is 0. The summed E-state index contributed by atoms with van der Waals surface area (Å²) < 4.78 is 39.4. The van der Waals surface area contributed by atoms with Crippen LogP contribution >= 0.6 is 0 Å². The molecule has 2 aromatic heterocycles. The predicted molar refractivity (Wildman–Crippen MR) is 104 cm³/mol. The highest BCUT2D eigenvalue weighted by molar-refractivity contribution is 5.63. The number of halogens is 3. The van der Waals surface area contributed by atoms with Crippen LogP contribution in [-0.4, -0.2) is 32.9 Å². The average molecular weight is 398 g/mol. The lowest BCUT2D eigenvalue weighted by Gasteiger charge is -2.32. The van der Waals surface area contributed by atoms with Crippen molar-refractivity contribution in [3.8, 4) is 11.3 Å². The van der Waals surface area contributed by atoms with E-state index in [1.165, 1.54) is 12.3 Å². The first-order valence-corrected chi connectivity index (χ1v) is 9.61. The fraction of sp³-hybridized carbons (Fsp3) is 0.318. The molecule has 0 amide bonds. The van der Waals surface area contributed by atoms with Crippen LogP contribution in [0.25, 0.3) is 11.3 Å². The van der Waals surface area contributed by atoms with Gasteiger partial charge in [0.05, 0.1) is 22.6 Å². The predicted octanol–water partition coefficient (Wildman–Crippen LogP) is 4.94. The van der Waals surface area contributed by atoms with Gasteiger partial charge in [-0.2, -0.15) is 13.2 Å². The van der Waals surface area contributed by atoms with Gasteiger partial charge in [0.15, 0.2) is 0 Å². The Hall–Kier alpha value is -2.80. The van der Waals surface area contributed by atoms with Crippen molar-refractivity contribution in [2.75, 3.05) is 13.1 Å². The molecule has 29 heavy (non-hydrogen) atoms. The second kappa shape index (κ2) is 8.29. The van der Waals surface area contributed by atoms with Crippen LogP contribution in [0.15, 0.2) is 61.1 Å². The molecular formula is C22H21F3N4. The Bertz CT molecular complexity index is 960. The molecule has 3 heterocycles. The van der Waals surface area contributed by atoms with Gasteiger partial charge in [0.25, 0.3) is 0 Å². The van der Waals surface area contributed by atoms with Gasteiger partial charge in [-0.25, -0.2) is 0 Å². The van der Waals surface area contributed by atoms with Crippen molar-refractivity contribution in [3.63, 3.8) is 0 Å². The molecule has 0 saturated carbocycles. The van der Waals surface area contributed by atoms with Crippen LogP contribution < -0.4 is 0 Å². The Labute approximate surface area is 167 Å². The molecule has 7 heteroatoms. The summed E-state index contributed by atoms with van der Waals surface area (Å²) in [6, 6.07) is 11.2. The topological polar surface area (TPSA) is 41.9 Å². The summed E-state index contributed by atoms with van der Waals surface area (Å²) in [4.78, 5) is 15.6. The van der Waals surface area contributed by atoms with Crippen LogP contribution in [0, 0.1) is 0 Å². The normalized spacial score (nSPS) is 18.0.